The van der Waals surface area contributed by atoms with Gasteiger partial charge in [0.25, 0.3) is 0 Å². The van der Waals surface area contributed by atoms with E-state index in [-0.39, 0.29) is 6.10 Å². The molecule has 1 N–H and O–H groups in total. The highest BCUT2D eigenvalue weighted by molar-refractivity contribution is 4.92. The minimum absolute atomic E-state index is 0.196. The number of aliphatic hydroxyl groups excluding tert-OH is 1. The van der Waals surface area contributed by atoms with Gasteiger partial charge in [0.05, 0.1) is 6.10 Å². The van der Waals surface area contributed by atoms with Gasteiger partial charge < -0.3 is 5.11 Å². The molecule has 1 nitrogen and oxygen atoms in total. The number of rotatable bonds is 3. The van der Waals surface area contributed by atoms with Crippen LogP contribution in [0.5, 0.6) is 0 Å². The monoisotopic (exact) mass is 196 g/mol. The molecule has 0 radical (unpaired) electrons. The Labute approximate surface area is 88.2 Å². The third kappa shape index (κ3) is 2.38. The van der Waals surface area contributed by atoms with E-state index in [1.165, 1.54) is 19.3 Å². The van der Waals surface area contributed by atoms with Gasteiger partial charge in [0, 0.05) is 0 Å². The van der Waals surface area contributed by atoms with E-state index >= 15 is 0 Å². The van der Waals surface area contributed by atoms with Crippen LogP contribution in [0, 0.1) is 17.3 Å². The molecule has 0 bridgehead atoms. The average Bonchev–Trinajstić information content (AvgIpc) is 2.02. The van der Waals surface area contributed by atoms with Crippen molar-refractivity contribution >= 4 is 0 Å². The molecule has 1 fully saturated rings. The highest BCUT2D eigenvalue weighted by atomic mass is 16.3. The summed E-state index contributed by atoms with van der Waals surface area (Å²) in [4.78, 5) is 0. The predicted molar refractivity (Wildman–Crippen MR) is 61.1 cm³/mol. The Kier molecular flexibility index (Phi) is 3.77. The van der Waals surface area contributed by atoms with Gasteiger partial charge in [-0.2, -0.15) is 0 Å². The van der Waals surface area contributed by atoms with E-state index in [9.17, 15) is 5.11 Å². The van der Waals surface area contributed by atoms with E-state index in [4.69, 9.17) is 0 Å². The molecule has 1 rings (SSSR count). The van der Waals surface area contributed by atoms with E-state index in [0.717, 1.165) is 6.42 Å². The van der Waals surface area contributed by atoms with Gasteiger partial charge >= 0.3 is 0 Å². The molecule has 3 atom stereocenters. The summed E-state index contributed by atoms with van der Waals surface area (Å²) < 4.78 is 0. The van der Waals surface area contributed by atoms with E-state index in [2.05, 4.69) is 27.4 Å². The zero-order valence-electron chi connectivity index (χ0n) is 9.79. The average molecular weight is 196 g/mol. The van der Waals surface area contributed by atoms with Crippen molar-refractivity contribution in [2.24, 2.45) is 17.3 Å². The SMILES string of the molecule is C=CCC(O)[C@H]1[C@H](C)CCCC1(C)C. The quantitative estimate of drug-likeness (QED) is 0.686. The van der Waals surface area contributed by atoms with Crippen molar-refractivity contribution in [1.82, 2.24) is 0 Å². The van der Waals surface area contributed by atoms with Crippen LogP contribution in [0.25, 0.3) is 0 Å². The van der Waals surface area contributed by atoms with Gasteiger partial charge in [0.2, 0.25) is 0 Å². The van der Waals surface area contributed by atoms with Crippen LogP contribution in [-0.4, -0.2) is 11.2 Å². The zero-order valence-corrected chi connectivity index (χ0v) is 9.79. The maximum atomic E-state index is 10.1. The summed E-state index contributed by atoms with van der Waals surface area (Å²) in [7, 11) is 0. The Hall–Kier alpha value is -0.300. The highest BCUT2D eigenvalue weighted by Crippen LogP contribution is 2.46. The fourth-order valence-corrected chi connectivity index (χ4v) is 3.21. The van der Waals surface area contributed by atoms with Gasteiger partial charge in [0.1, 0.15) is 0 Å². The van der Waals surface area contributed by atoms with Crippen LogP contribution in [0.15, 0.2) is 12.7 Å². The zero-order chi connectivity index (χ0) is 10.8. The highest BCUT2D eigenvalue weighted by Gasteiger charge is 2.40. The first-order chi connectivity index (χ1) is 6.49. The Morgan fingerprint density at radius 2 is 2.21 bits per heavy atom. The fourth-order valence-electron chi connectivity index (χ4n) is 3.21. The molecule has 0 spiro atoms. The molecule has 0 aromatic rings. The first-order valence-electron chi connectivity index (χ1n) is 5.78. The third-order valence-corrected chi connectivity index (χ3v) is 3.82. The second-order valence-corrected chi connectivity index (χ2v) is 5.48. The molecule has 1 saturated carbocycles. The molecule has 1 heteroatoms. The molecule has 1 aliphatic carbocycles. The summed E-state index contributed by atoms with van der Waals surface area (Å²) in [6.45, 7) is 10.6. The third-order valence-electron chi connectivity index (χ3n) is 3.82. The largest absolute Gasteiger partial charge is 0.392 e. The van der Waals surface area contributed by atoms with Gasteiger partial charge in [0.15, 0.2) is 0 Å². The Morgan fingerprint density at radius 3 is 2.71 bits per heavy atom. The van der Waals surface area contributed by atoms with E-state index in [0.29, 0.717) is 17.3 Å². The molecular weight excluding hydrogens is 172 g/mol. The molecule has 0 aliphatic heterocycles. The van der Waals surface area contributed by atoms with Crippen LogP contribution in [0.2, 0.25) is 0 Å². The topological polar surface area (TPSA) is 20.2 Å². The lowest BCUT2D eigenvalue weighted by atomic mass is 9.62. The summed E-state index contributed by atoms with van der Waals surface area (Å²) in [6, 6.07) is 0. The summed E-state index contributed by atoms with van der Waals surface area (Å²) in [5.74, 6) is 1.09. The van der Waals surface area contributed by atoms with Crippen molar-refractivity contribution < 1.29 is 5.11 Å². The molecule has 82 valence electrons. The smallest absolute Gasteiger partial charge is 0.0610 e. The second kappa shape index (κ2) is 4.48. The van der Waals surface area contributed by atoms with E-state index in [1.807, 2.05) is 6.08 Å². The van der Waals surface area contributed by atoms with Crippen molar-refractivity contribution in [3.63, 3.8) is 0 Å². The summed E-state index contributed by atoms with van der Waals surface area (Å²) in [6.07, 6.45) is 6.20. The molecular formula is C13H24O. The van der Waals surface area contributed by atoms with Gasteiger partial charge in [-0.25, -0.2) is 0 Å². The lowest BCUT2D eigenvalue weighted by Gasteiger charge is -2.45. The summed E-state index contributed by atoms with van der Waals surface area (Å²) in [5, 5.41) is 10.1. The molecule has 0 aromatic heterocycles. The van der Waals surface area contributed by atoms with Crippen molar-refractivity contribution in [2.75, 3.05) is 0 Å². The fraction of sp³-hybridized carbons (Fsp3) is 0.846. The maximum absolute atomic E-state index is 10.1. The standard InChI is InChI=1S/C13H24O/c1-5-7-11(14)12-10(2)8-6-9-13(12,3)4/h5,10-12,14H,1,6-9H2,2-4H3/t10-,11?,12-/m1/s1. The predicted octanol–water partition coefficient (Wildman–Crippen LogP) is 3.39. The second-order valence-electron chi connectivity index (χ2n) is 5.48. The summed E-state index contributed by atoms with van der Waals surface area (Å²) >= 11 is 0. The van der Waals surface area contributed by atoms with Crippen LogP contribution < -0.4 is 0 Å². The molecule has 14 heavy (non-hydrogen) atoms. The van der Waals surface area contributed by atoms with Crippen molar-refractivity contribution in [2.45, 2.75) is 52.6 Å². The van der Waals surface area contributed by atoms with E-state index in [1.54, 1.807) is 0 Å². The number of hydrogen-bond acceptors (Lipinski definition) is 1. The molecule has 1 unspecified atom stereocenters. The van der Waals surface area contributed by atoms with E-state index < -0.39 is 0 Å². The van der Waals surface area contributed by atoms with Crippen LogP contribution in [-0.2, 0) is 0 Å². The van der Waals surface area contributed by atoms with Gasteiger partial charge in [-0.1, -0.05) is 39.7 Å². The number of hydrogen-bond donors (Lipinski definition) is 1. The van der Waals surface area contributed by atoms with Crippen molar-refractivity contribution in [3.05, 3.63) is 12.7 Å². The van der Waals surface area contributed by atoms with Gasteiger partial charge in [-0.05, 0) is 30.1 Å². The molecule has 0 aromatic carbocycles. The molecule has 0 heterocycles. The Balaban J connectivity index is 2.73. The Morgan fingerprint density at radius 1 is 1.57 bits per heavy atom. The minimum atomic E-state index is -0.196. The van der Waals surface area contributed by atoms with Gasteiger partial charge in [-0.3, -0.25) is 0 Å². The first-order valence-corrected chi connectivity index (χ1v) is 5.78. The van der Waals surface area contributed by atoms with Crippen LogP contribution in [0.4, 0.5) is 0 Å². The van der Waals surface area contributed by atoms with Crippen molar-refractivity contribution in [3.8, 4) is 0 Å². The van der Waals surface area contributed by atoms with Crippen LogP contribution >= 0.6 is 0 Å². The normalized spacial score (nSPS) is 33.7. The van der Waals surface area contributed by atoms with Gasteiger partial charge in [-0.15, -0.1) is 6.58 Å². The molecule has 0 amide bonds. The maximum Gasteiger partial charge on any atom is 0.0610 e. The van der Waals surface area contributed by atoms with Crippen LogP contribution in [0.1, 0.15) is 46.5 Å². The lowest BCUT2D eigenvalue weighted by molar-refractivity contribution is -0.0256. The minimum Gasteiger partial charge on any atom is -0.392 e. The lowest BCUT2D eigenvalue weighted by Crippen LogP contribution is -2.41. The molecule has 0 saturated heterocycles. The van der Waals surface area contributed by atoms with Crippen LogP contribution in [0.3, 0.4) is 0 Å². The van der Waals surface area contributed by atoms with Crippen molar-refractivity contribution in [1.29, 1.82) is 0 Å². The first kappa shape index (κ1) is 11.8. The summed E-state index contributed by atoms with van der Waals surface area (Å²) in [5.41, 5.74) is 0.292. The Bertz CT molecular complexity index is 195. The number of aliphatic hydroxyl groups is 1. The molecule has 1 aliphatic rings.